The molecule has 24 heavy (non-hydrogen) atoms. The number of carbonyl (C=O) groups excluding carboxylic acids is 2. The molecule has 2 rings (SSSR count). The molecule has 10 heteroatoms. The summed E-state index contributed by atoms with van der Waals surface area (Å²) in [5, 5.41) is 0.352. The molecule has 7 nitrogen and oxygen atoms in total. The fraction of sp³-hybridized carbons (Fsp3) is 0.429. The number of piperidine rings is 1. The second-order valence-corrected chi connectivity index (χ2v) is 8.08. The topological polar surface area (TPSA) is 107 Å². The number of carbonyl (C=O) groups is 2. The van der Waals surface area contributed by atoms with Gasteiger partial charge in [-0.05, 0) is 31.0 Å². The predicted octanol–water partition coefficient (Wildman–Crippen LogP) is 1.42. The highest BCUT2D eigenvalue weighted by Crippen LogP contribution is 2.30. The third kappa shape index (κ3) is 4.38. The number of halogens is 2. The number of primary amides is 1. The van der Waals surface area contributed by atoms with E-state index in [-0.39, 0.29) is 40.9 Å². The molecule has 1 fully saturated rings. The Balaban J connectivity index is 2.04. The van der Waals surface area contributed by atoms with Gasteiger partial charge in [0.2, 0.25) is 10.0 Å². The molecule has 1 aromatic rings. The highest BCUT2D eigenvalue weighted by Gasteiger charge is 2.34. The molecule has 132 valence electrons. The third-order valence-corrected chi connectivity index (χ3v) is 6.27. The van der Waals surface area contributed by atoms with Crippen molar-refractivity contribution in [3.05, 3.63) is 28.2 Å². The van der Waals surface area contributed by atoms with Crippen molar-refractivity contribution >= 4 is 45.1 Å². The first-order chi connectivity index (χ1) is 11.2. The Morgan fingerprint density at radius 3 is 2.46 bits per heavy atom. The number of nitrogens with zero attached hydrogens (tertiary/aromatic N) is 1. The van der Waals surface area contributed by atoms with Gasteiger partial charge in [-0.3, -0.25) is 9.59 Å². The fourth-order valence-electron chi connectivity index (χ4n) is 2.41. The molecule has 0 saturated carbocycles. The average Bonchev–Trinajstić information content (AvgIpc) is 2.54. The lowest BCUT2D eigenvalue weighted by Crippen LogP contribution is -2.41. The van der Waals surface area contributed by atoms with Crippen molar-refractivity contribution in [2.75, 3.05) is 19.7 Å². The third-order valence-electron chi connectivity index (χ3n) is 3.66. The number of hydrogen-bond donors (Lipinski definition) is 1. The van der Waals surface area contributed by atoms with Crippen LogP contribution < -0.4 is 5.73 Å². The molecule has 0 aliphatic carbocycles. The van der Waals surface area contributed by atoms with Crippen molar-refractivity contribution in [1.82, 2.24) is 4.31 Å². The fourth-order valence-corrected chi connectivity index (χ4v) is 4.61. The molecule has 0 atom stereocenters. The molecule has 1 heterocycles. The van der Waals surface area contributed by atoms with Gasteiger partial charge in [0.25, 0.3) is 5.91 Å². The van der Waals surface area contributed by atoms with Crippen molar-refractivity contribution in [3.8, 4) is 0 Å². The lowest BCUT2D eigenvalue weighted by Gasteiger charge is -2.30. The molecule has 1 aliphatic heterocycles. The van der Waals surface area contributed by atoms with Crippen LogP contribution in [0.1, 0.15) is 12.8 Å². The maximum atomic E-state index is 12.7. The number of esters is 1. The summed E-state index contributed by atoms with van der Waals surface area (Å²) in [5.74, 6) is -1.75. The Morgan fingerprint density at radius 2 is 1.88 bits per heavy atom. The van der Waals surface area contributed by atoms with Crippen molar-refractivity contribution in [2.24, 2.45) is 11.7 Å². The van der Waals surface area contributed by atoms with Crippen LogP contribution in [0.15, 0.2) is 23.1 Å². The van der Waals surface area contributed by atoms with Crippen LogP contribution in [0, 0.1) is 5.92 Å². The van der Waals surface area contributed by atoms with Gasteiger partial charge >= 0.3 is 5.97 Å². The van der Waals surface area contributed by atoms with Crippen LogP contribution in [0.25, 0.3) is 0 Å². The van der Waals surface area contributed by atoms with Crippen LogP contribution in [-0.2, 0) is 24.3 Å². The van der Waals surface area contributed by atoms with Gasteiger partial charge in [0.15, 0.2) is 6.61 Å². The monoisotopic (exact) mass is 394 g/mol. The zero-order valence-electron chi connectivity index (χ0n) is 12.6. The number of hydrogen-bond acceptors (Lipinski definition) is 5. The van der Waals surface area contributed by atoms with E-state index in [0.717, 1.165) is 0 Å². The zero-order chi connectivity index (χ0) is 17.9. The van der Waals surface area contributed by atoms with Crippen LogP contribution in [0.2, 0.25) is 10.0 Å². The zero-order valence-corrected chi connectivity index (χ0v) is 14.9. The average molecular weight is 395 g/mol. The predicted molar refractivity (Wildman–Crippen MR) is 88.1 cm³/mol. The van der Waals surface area contributed by atoms with Crippen molar-refractivity contribution < 1.29 is 22.7 Å². The Hall–Kier alpha value is -1.35. The quantitative estimate of drug-likeness (QED) is 0.759. The lowest BCUT2D eigenvalue weighted by molar-refractivity contribution is -0.153. The van der Waals surface area contributed by atoms with E-state index in [1.54, 1.807) is 0 Å². The molecule has 1 amide bonds. The van der Waals surface area contributed by atoms with Crippen LogP contribution >= 0.6 is 23.2 Å². The Morgan fingerprint density at radius 1 is 1.25 bits per heavy atom. The van der Waals surface area contributed by atoms with Gasteiger partial charge in [0.05, 0.1) is 10.9 Å². The van der Waals surface area contributed by atoms with Crippen LogP contribution in [0.3, 0.4) is 0 Å². The minimum absolute atomic E-state index is 0.0635. The summed E-state index contributed by atoms with van der Waals surface area (Å²) in [4.78, 5) is 22.3. The summed E-state index contributed by atoms with van der Waals surface area (Å²) >= 11 is 11.8. The van der Waals surface area contributed by atoms with Gasteiger partial charge in [-0.1, -0.05) is 23.2 Å². The summed E-state index contributed by atoms with van der Waals surface area (Å²) in [6.07, 6.45) is 0.573. The highest BCUT2D eigenvalue weighted by molar-refractivity contribution is 7.89. The van der Waals surface area contributed by atoms with Gasteiger partial charge < -0.3 is 10.5 Å². The molecule has 0 spiro atoms. The molecule has 1 saturated heterocycles. The van der Waals surface area contributed by atoms with Gasteiger partial charge in [-0.2, -0.15) is 4.31 Å². The van der Waals surface area contributed by atoms with E-state index in [1.165, 1.54) is 22.5 Å². The number of benzene rings is 1. The summed E-state index contributed by atoms with van der Waals surface area (Å²) in [6, 6.07) is 4.22. The summed E-state index contributed by atoms with van der Waals surface area (Å²) in [7, 11) is -3.80. The van der Waals surface area contributed by atoms with Gasteiger partial charge in [0, 0.05) is 18.1 Å². The van der Waals surface area contributed by atoms with E-state index in [9.17, 15) is 18.0 Å². The minimum atomic E-state index is -3.80. The van der Waals surface area contributed by atoms with E-state index in [4.69, 9.17) is 33.7 Å². The van der Waals surface area contributed by atoms with Crippen LogP contribution in [-0.4, -0.2) is 44.3 Å². The Bertz CT molecular complexity index is 746. The summed E-state index contributed by atoms with van der Waals surface area (Å²) in [5.41, 5.74) is 4.91. The van der Waals surface area contributed by atoms with E-state index in [0.29, 0.717) is 0 Å². The second-order valence-electron chi connectivity index (χ2n) is 5.33. The SMILES string of the molecule is NC(=O)COC(=O)C1CCN(S(=O)(=O)c2cc(Cl)ccc2Cl)CC1. The molecule has 2 N–H and O–H groups in total. The molecule has 0 unspecified atom stereocenters. The molecule has 1 aliphatic rings. The van der Waals surface area contributed by atoms with E-state index >= 15 is 0 Å². The van der Waals surface area contributed by atoms with E-state index in [1.807, 2.05) is 0 Å². The minimum Gasteiger partial charge on any atom is -0.455 e. The maximum Gasteiger partial charge on any atom is 0.309 e. The highest BCUT2D eigenvalue weighted by atomic mass is 35.5. The number of sulfonamides is 1. The standard InChI is InChI=1S/C14H16Cl2N2O5S/c15-10-1-2-11(16)12(7-10)24(21,22)18-5-3-9(4-6-18)14(20)23-8-13(17)19/h1-2,7,9H,3-6,8H2,(H2,17,19). The molecular weight excluding hydrogens is 379 g/mol. The smallest absolute Gasteiger partial charge is 0.309 e. The molecule has 0 radical (unpaired) electrons. The molecule has 0 bridgehead atoms. The van der Waals surface area contributed by atoms with E-state index < -0.39 is 34.4 Å². The van der Waals surface area contributed by atoms with Crippen LogP contribution in [0.5, 0.6) is 0 Å². The van der Waals surface area contributed by atoms with Gasteiger partial charge in [-0.25, -0.2) is 8.42 Å². The van der Waals surface area contributed by atoms with Gasteiger partial charge in [-0.15, -0.1) is 0 Å². The largest absolute Gasteiger partial charge is 0.455 e. The molecule has 0 aromatic heterocycles. The maximum absolute atomic E-state index is 12.7. The first-order valence-corrected chi connectivity index (χ1v) is 9.31. The second kappa shape index (κ2) is 7.69. The number of rotatable bonds is 5. The number of amides is 1. The molecular formula is C14H16Cl2N2O5S. The van der Waals surface area contributed by atoms with Crippen molar-refractivity contribution in [1.29, 1.82) is 0 Å². The lowest BCUT2D eigenvalue weighted by atomic mass is 9.98. The molecule has 1 aromatic carbocycles. The summed E-state index contributed by atoms with van der Waals surface area (Å²) in [6.45, 7) is -0.196. The van der Waals surface area contributed by atoms with Crippen molar-refractivity contribution in [2.45, 2.75) is 17.7 Å². The van der Waals surface area contributed by atoms with Crippen LogP contribution in [0.4, 0.5) is 0 Å². The number of nitrogens with two attached hydrogens (primary N) is 1. The summed E-state index contributed by atoms with van der Waals surface area (Å²) < 4.78 is 31.3. The van der Waals surface area contributed by atoms with Crippen molar-refractivity contribution in [3.63, 3.8) is 0 Å². The Kier molecular flexibility index (Phi) is 6.08. The Labute approximate surface area is 149 Å². The first-order valence-electron chi connectivity index (χ1n) is 7.12. The first kappa shape index (κ1) is 19.0. The van der Waals surface area contributed by atoms with E-state index in [2.05, 4.69) is 0 Å². The normalized spacial score (nSPS) is 16.8. The number of ether oxygens (including phenoxy) is 1. The van der Waals surface area contributed by atoms with Gasteiger partial charge in [0.1, 0.15) is 4.90 Å².